The molecule has 1 atom stereocenters. The molecule has 2 aromatic carbocycles. The van der Waals surface area contributed by atoms with Crippen LogP contribution in [0.4, 0.5) is 8.78 Å². The minimum Gasteiger partial charge on any atom is -0.502 e. The number of carbonyl (C=O) groups is 1. The molecule has 0 saturated carbocycles. The molecule has 0 aliphatic carbocycles. The third-order valence-electron chi connectivity index (χ3n) is 5.97. The van der Waals surface area contributed by atoms with Crippen molar-refractivity contribution in [1.29, 1.82) is 0 Å². The van der Waals surface area contributed by atoms with Crippen LogP contribution in [-0.4, -0.2) is 61.5 Å². The Balaban J connectivity index is 0.000000142. The normalized spacial score (nSPS) is 18.2. The number of carbonyl (C=O) groups excluding carboxylic acids is 1. The first-order valence-electron chi connectivity index (χ1n) is 10.7. The second kappa shape index (κ2) is 9.21. The first kappa shape index (κ1) is 22.6. The first-order chi connectivity index (χ1) is 16.4. The Hall–Kier alpha value is -3.20. The van der Waals surface area contributed by atoms with Gasteiger partial charge in [-0.15, -0.1) is 0 Å². The summed E-state index contributed by atoms with van der Waals surface area (Å²) in [6.45, 7) is 1.29. The van der Waals surface area contributed by atoms with Gasteiger partial charge in [-0.1, -0.05) is 0 Å². The summed E-state index contributed by atoms with van der Waals surface area (Å²) in [5.74, 6) is -2.26. The third-order valence-corrected chi connectivity index (χ3v) is 8.37. The minimum absolute atomic E-state index is 0.0179. The van der Waals surface area contributed by atoms with Gasteiger partial charge in [0, 0.05) is 18.8 Å². The number of amides is 1. The summed E-state index contributed by atoms with van der Waals surface area (Å²) in [6, 6.07) is 12.3. The van der Waals surface area contributed by atoms with E-state index >= 15 is 0 Å². The van der Waals surface area contributed by atoms with E-state index in [0.29, 0.717) is 37.1 Å². The van der Waals surface area contributed by atoms with Gasteiger partial charge in [0.25, 0.3) is 5.91 Å². The maximum Gasteiger partial charge on any atom is 0.278 e. The van der Waals surface area contributed by atoms with Gasteiger partial charge < -0.3 is 20.2 Å². The van der Waals surface area contributed by atoms with Crippen molar-refractivity contribution in [3.63, 3.8) is 0 Å². The van der Waals surface area contributed by atoms with Gasteiger partial charge in [0.2, 0.25) is 5.43 Å². The second-order valence-corrected chi connectivity index (χ2v) is 10.2. The number of benzene rings is 2. The number of hydrogen-bond donors (Lipinski definition) is 2. The molecule has 0 spiro atoms. The van der Waals surface area contributed by atoms with E-state index in [1.807, 2.05) is 12.1 Å². The van der Waals surface area contributed by atoms with Gasteiger partial charge in [-0.2, -0.15) is 0 Å². The van der Waals surface area contributed by atoms with Crippen molar-refractivity contribution in [2.24, 2.45) is 0 Å². The minimum atomic E-state index is -0.731. The molecule has 34 heavy (non-hydrogen) atoms. The molecule has 3 aliphatic heterocycles. The largest absolute Gasteiger partial charge is 0.502 e. The molecule has 1 saturated heterocycles. The standard InChI is InChI=1S/C14H10F2Se.C10H11N3O4/c15-12-6-5-9-7-10-3-1-2-4-13(10)17-8-11(9)14(12)16;14-6-1-2-13-8(9(6)15)10(16)12-3-4-17-5-7(12)11-13/h1-6H,7-8H2;1-2,7,11,15H,3-5H2. The van der Waals surface area contributed by atoms with Gasteiger partial charge in [-0.3, -0.25) is 14.3 Å². The zero-order valence-electron chi connectivity index (χ0n) is 18.0. The van der Waals surface area contributed by atoms with Gasteiger partial charge in [0.15, 0.2) is 11.4 Å². The van der Waals surface area contributed by atoms with E-state index in [-0.39, 0.29) is 32.7 Å². The summed E-state index contributed by atoms with van der Waals surface area (Å²) < 4.78 is 34.9. The van der Waals surface area contributed by atoms with Crippen molar-refractivity contribution >= 4 is 25.3 Å². The van der Waals surface area contributed by atoms with Crippen LogP contribution < -0.4 is 15.3 Å². The molecular weight excluding hydrogens is 511 g/mol. The van der Waals surface area contributed by atoms with Crippen molar-refractivity contribution < 1.29 is 23.4 Å². The molecule has 1 unspecified atom stereocenters. The van der Waals surface area contributed by atoms with E-state index in [1.165, 1.54) is 33.0 Å². The van der Waals surface area contributed by atoms with Crippen LogP contribution >= 0.6 is 0 Å². The van der Waals surface area contributed by atoms with Gasteiger partial charge in [-0.05, 0) is 0 Å². The number of morpholine rings is 1. The van der Waals surface area contributed by atoms with Crippen LogP contribution in [0.2, 0.25) is 0 Å². The van der Waals surface area contributed by atoms with Crippen LogP contribution in [0, 0.1) is 11.6 Å². The summed E-state index contributed by atoms with van der Waals surface area (Å²) in [4.78, 5) is 25.0. The number of ether oxygens (including phenoxy) is 1. The Morgan fingerprint density at radius 1 is 1.09 bits per heavy atom. The van der Waals surface area contributed by atoms with Crippen molar-refractivity contribution in [1.82, 2.24) is 9.58 Å². The van der Waals surface area contributed by atoms with Gasteiger partial charge in [0.1, 0.15) is 6.17 Å². The monoisotopic (exact) mass is 533 g/mol. The Labute approximate surface area is 200 Å². The third kappa shape index (κ3) is 4.09. The fourth-order valence-electron chi connectivity index (χ4n) is 4.19. The van der Waals surface area contributed by atoms with Gasteiger partial charge in [0.05, 0.1) is 13.2 Å². The number of nitrogens with one attached hydrogen (secondary N) is 1. The molecule has 1 fully saturated rings. The Bertz CT molecular complexity index is 1330. The quantitative estimate of drug-likeness (QED) is 0.427. The van der Waals surface area contributed by atoms with E-state index in [0.717, 1.165) is 5.56 Å². The molecule has 0 radical (unpaired) electrons. The SMILES string of the molecule is Fc1ccc2c(c1F)C[Se]c1ccccc1C2.O=C1c2c(O)c(=O)ccn2NC2COCCN12. The van der Waals surface area contributed by atoms with E-state index < -0.39 is 22.8 Å². The molecule has 3 aliphatic rings. The summed E-state index contributed by atoms with van der Waals surface area (Å²) in [5, 5.41) is 10.3. The number of aromatic nitrogens is 1. The average molecular weight is 532 g/mol. The maximum absolute atomic E-state index is 13.7. The van der Waals surface area contributed by atoms with Crippen LogP contribution in [0.5, 0.6) is 5.75 Å². The van der Waals surface area contributed by atoms with Crippen LogP contribution in [0.3, 0.4) is 0 Å². The van der Waals surface area contributed by atoms with E-state index in [9.17, 15) is 23.5 Å². The fraction of sp³-hybridized carbons (Fsp3) is 0.250. The molecule has 0 bridgehead atoms. The van der Waals surface area contributed by atoms with E-state index in [2.05, 4.69) is 17.6 Å². The van der Waals surface area contributed by atoms with E-state index in [1.54, 1.807) is 11.0 Å². The molecular formula is C24H21F2N3O4Se. The van der Waals surface area contributed by atoms with Gasteiger partial charge in [-0.25, -0.2) is 0 Å². The summed E-state index contributed by atoms with van der Waals surface area (Å²) in [5.41, 5.74) is 5.16. The summed E-state index contributed by atoms with van der Waals surface area (Å²) in [6.07, 6.45) is 1.89. The van der Waals surface area contributed by atoms with Gasteiger partial charge >= 0.3 is 105 Å². The molecule has 176 valence electrons. The van der Waals surface area contributed by atoms with Crippen LogP contribution in [0.1, 0.15) is 27.2 Å². The average Bonchev–Trinajstić information content (AvgIpc) is 3.04. The number of fused-ring (bicyclic) bond motifs is 4. The maximum atomic E-state index is 13.7. The molecule has 1 aromatic heterocycles. The zero-order chi connectivity index (χ0) is 23.8. The predicted molar refractivity (Wildman–Crippen MR) is 122 cm³/mol. The van der Waals surface area contributed by atoms with Crippen LogP contribution in [0.15, 0.2) is 53.5 Å². The molecule has 3 aromatic rings. The number of halogens is 2. The molecule has 4 heterocycles. The number of hydrogen-bond acceptors (Lipinski definition) is 5. The summed E-state index contributed by atoms with van der Waals surface area (Å²) in [7, 11) is 0. The topological polar surface area (TPSA) is 83.8 Å². The number of aromatic hydroxyl groups is 1. The molecule has 10 heteroatoms. The predicted octanol–water partition coefficient (Wildman–Crippen LogP) is 1.31. The molecule has 2 N–H and O–H groups in total. The van der Waals surface area contributed by atoms with Crippen molar-refractivity contribution in [2.75, 3.05) is 25.2 Å². The number of nitrogens with zero attached hydrogens (tertiary/aromatic N) is 2. The molecule has 6 rings (SSSR count). The van der Waals surface area contributed by atoms with Crippen LogP contribution in [0.25, 0.3) is 0 Å². The second-order valence-electron chi connectivity index (χ2n) is 8.04. The summed E-state index contributed by atoms with van der Waals surface area (Å²) >= 11 is 0.191. The smallest absolute Gasteiger partial charge is 0.278 e. The van der Waals surface area contributed by atoms with E-state index in [4.69, 9.17) is 4.74 Å². The zero-order valence-corrected chi connectivity index (χ0v) is 19.7. The van der Waals surface area contributed by atoms with Crippen molar-refractivity contribution in [3.8, 4) is 5.75 Å². The van der Waals surface area contributed by atoms with Crippen LogP contribution in [-0.2, 0) is 16.5 Å². The Morgan fingerprint density at radius 2 is 1.91 bits per heavy atom. The number of pyridine rings is 1. The Morgan fingerprint density at radius 3 is 2.76 bits per heavy atom. The molecule has 7 nitrogen and oxygen atoms in total. The first-order valence-corrected chi connectivity index (χ1v) is 12.8. The Kier molecular flexibility index (Phi) is 6.12. The number of rotatable bonds is 0. The fourth-order valence-corrected chi connectivity index (χ4v) is 6.52. The van der Waals surface area contributed by atoms with Crippen molar-refractivity contribution in [3.05, 3.63) is 92.9 Å². The molecule has 1 amide bonds. The van der Waals surface area contributed by atoms with Crippen molar-refractivity contribution in [2.45, 2.75) is 17.9 Å².